The van der Waals surface area contributed by atoms with E-state index in [1.54, 1.807) is 11.2 Å². The molecule has 6 heteroatoms. The second-order valence-corrected chi connectivity index (χ2v) is 6.87. The zero-order valence-corrected chi connectivity index (χ0v) is 14.4. The van der Waals surface area contributed by atoms with Gasteiger partial charge in [-0.3, -0.25) is 14.5 Å². The molecule has 130 valence electrons. The molecule has 0 spiro atoms. The number of carbonyl (C=O) groups excluding carboxylic acids is 2. The summed E-state index contributed by atoms with van der Waals surface area (Å²) >= 11 is 0. The van der Waals surface area contributed by atoms with Crippen LogP contribution in [0.25, 0.3) is 10.8 Å². The molecular formula is C20H18N4O2. The van der Waals surface area contributed by atoms with Crippen molar-refractivity contribution in [2.24, 2.45) is 0 Å². The lowest BCUT2D eigenvalue weighted by atomic mass is 10.1. The van der Waals surface area contributed by atoms with Crippen molar-refractivity contribution in [3.8, 4) is 0 Å². The maximum Gasteiger partial charge on any atom is 0.259 e. The summed E-state index contributed by atoms with van der Waals surface area (Å²) in [5.74, 6) is -0.139. The molecule has 5 rings (SSSR count). The Labute approximate surface area is 150 Å². The molecule has 0 saturated heterocycles. The first-order valence-corrected chi connectivity index (χ1v) is 8.80. The zero-order chi connectivity index (χ0) is 17.8. The number of hydrogen-bond acceptors (Lipinski definition) is 3. The van der Waals surface area contributed by atoms with Gasteiger partial charge in [-0.15, -0.1) is 0 Å². The van der Waals surface area contributed by atoms with Gasteiger partial charge in [-0.2, -0.15) is 0 Å². The average Bonchev–Trinajstić information content (AvgIpc) is 3.25. The average molecular weight is 346 g/mol. The van der Waals surface area contributed by atoms with Gasteiger partial charge in [0.2, 0.25) is 5.91 Å². The molecular weight excluding hydrogens is 328 g/mol. The van der Waals surface area contributed by atoms with E-state index in [9.17, 15) is 9.59 Å². The number of anilines is 1. The van der Waals surface area contributed by atoms with Gasteiger partial charge in [0.05, 0.1) is 29.9 Å². The number of benzene rings is 2. The molecule has 2 amide bonds. The van der Waals surface area contributed by atoms with E-state index in [-0.39, 0.29) is 11.8 Å². The van der Waals surface area contributed by atoms with Crippen LogP contribution in [-0.4, -0.2) is 39.3 Å². The minimum absolute atomic E-state index is 0.0385. The molecule has 0 fully saturated rings. The number of amides is 2. The van der Waals surface area contributed by atoms with E-state index in [2.05, 4.69) is 9.97 Å². The molecule has 2 aliphatic heterocycles. The van der Waals surface area contributed by atoms with Gasteiger partial charge in [0.1, 0.15) is 6.04 Å². The van der Waals surface area contributed by atoms with Crippen LogP contribution in [0.4, 0.5) is 5.69 Å². The molecule has 2 aromatic carbocycles. The van der Waals surface area contributed by atoms with Crippen LogP contribution >= 0.6 is 0 Å². The highest BCUT2D eigenvalue weighted by Gasteiger charge is 2.38. The summed E-state index contributed by atoms with van der Waals surface area (Å²) in [5, 5.41) is 1.96. The first kappa shape index (κ1) is 15.1. The molecule has 1 atom stereocenters. The number of nitrogens with zero attached hydrogens (tertiary/aromatic N) is 3. The molecule has 1 N–H and O–H groups in total. The molecule has 0 saturated carbocycles. The van der Waals surface area contributed by atoms with Crippen molar-refractivity contribution in [2.75, 3.05) is 11.4 Å². The number of aromatic nitrogens is 2. The van der Waals surface area contributed by atoms with Crippen LogP contribution in [0.3, 0.4) is 0 Å². The van der Waals surface area contributed by atoms with E-state index >= 15 is 0 Å². The van der Waals surface area contributed by atoms with Gasteiger partial charge in [-0.05, 0) is 24.4 Å². The first-order chi connectivity index (χ1) is 12.6. The second-order valence-electron chi connectivity index (χ2n) is 6.87. The van der Waals surface area contributed by atoms with Crippen LogP contribution in [0.1, 0.15) is 28.7 Å². The van der Waals surface area contributed by atoms with Crippen LogP contribution in [0.5, 0.6) is 0 Å². The summed E-state index contributed by atoms with van der Waals surface area (Å²) in [7, 11) is 0. The summed E-state index contributed by atoms with van der Waals surface area (Å²) in [6, 6.07) is 11.0. The molecule has 0 unspecified atom stereocenters. The van der Waals surface area contributed by atoms with E-state index in [4.69, 9.17) is 0 Å². The van der Waals surface area contributed by atoms with Crippen molar-refractivity contribution in [3.63, 3.8) is 0 Å². The third-order valence-electron chi connectivity index (χ3n) is 5.42. The maximum atomic E-state index is 13.1. The topological polar surface area (TPSA) is 69.3 Å². The highest BCUT2D eigenvalue weighted by atomic mass is 16.2. The van der Waals surface area contributed by atoms with Gasteiger partial charge in [0, 0.05) is 23.9 Å². The highest BCUT2D eigenvalue weighted by Crippen LogP contribution is 2.38. The van der Waals surface area contributed by atoms with Crippen LogP contribution in [0.2, 0.25) is 0 Å². The Hall–Kier alpha value is -3.15. The van der Waals surface area contributed by atoms with Gasteiger partial charge in [0.15, 0.2) is 0 Å². The van der Waals surface area contributed by atoms with Crippen molar-refractivity contribution < 1.29 is 9.59 Å². The fraction of sp³-hybridized carbons (Fsp3) is 0.250. The van der Waals surface area contributed by atoms with Crippen LogP contribution in [0, 0.1) is 0 Å². The third kappa shape index (κ3) is 2.02. The highest BCUT2D eigenvalue weighted by molar-refractivity contribution is 6.26. The Bertz CT molecular complexity index is 1050. The zero-order valence-electron chi connectivity index (χ0n) is 14.4. The molecule has 0 aliphatic carbocycles. The number of nitrogens with one attached hydrogen (secondary N) is 1. The Kier molecular flexibility index (Phi) is 3.16. The molecule has 3 heterocycles. The van der Waals surface area contributed by atoms with E-state index in [0.29, 0.717) is 18.7 Å². The number of H-pyrrole nitrogens is 1. The lowest BCUT2D eigenvalue weighted by Crippen LogP contribution is -2.49. The maximum absolute atomic E-state index is 13.1. The fourth-order valence-electron chi connectivity index (χ4n) is 4.10. The Morgan fingerprint density at radius 2 is 2.04 bits per heavy atom. The molecule has 0 bridgehead atoms. The summed E-state index contributed by atoms with van der Waals surface area (Å²) in [6.07, 6.45) is 2.41. The van der Waals surface area contributed by atoms with Crippen molar-refractivity contribution in [2.45, 2.75) is 25.9 Å². The number of rotatable bonds is 2. The lowest BCUT2D eigenvalue weighted by Gasteiger charge is -2.32. The van der Waals surface area contributed by atoms with Crippen molar-refractivity contribution in [1.82, 2.24) is 14.9 Å². The van der Waals surface area contributed by atoms with Gasteiger partial charge in [0.25, 0.3) is 5.91 Å². The number of carbonyl (C=O) groups is 2. The standard InChI is InChI=1S/C20H18N4O2/c1-12(19(25)23-9-8-15-16(10-23)22-11-21-15)24-17-7-3-5-13-4-2-6-14(18(13)17)20(24)26/h2-7,11-12H,8-10H2,1H3,(H,21,22)/t12-/m0/s1. The van der Waals surface area contributed by atoms with Gasteiger partial charge in [-0.25, -0.2) is 4.98 Å². The predicted octanol–water partition coefficient (Wildman–Crippen LogP) is 2.50. The lowest BCUT2D eigenvalue weighted by molar-refractivity contribution is -0.133. The molecule has 2 aliphatic rings. The largest absolute Gasteiger partial charge is 0.347 e. The Morgan fingerprint density at radius 1 is 1.23 bits per heavy atom. The Balaban J connectivity index is 1.48. The van der Waals surface area contributed by atoms with Gasteiger partial charge < -0.3 is 9.88 Å². The van der Waals surface area contributed by atoms with E-state index < -0.39 is 6.04 Å². The van der Waals surface area contributed by atoms with Crippen molar-refractivity contribution in [3.05, 3.63) is 59.7 Å². The molecule has 0 radical (unpaired) electrons. The fourth-order valence-corrected chi connectivity index (χ4v) is 4.10. The van der Waals surface area contributed by atoms with Gasteiger partial charge >= 0.3 is 0 Å². The van der Waals surface area contributed by atoms with Crippen LogP contribution in [-0.2, 0) is 17.8 Å². The van der Waals surface area contributed by atoms with Gasteiger partial charge in [-0.1, -0.05) is 24.3 Å². The number of fused-ring (bicyclic) bond motifs is 1. The number of imidazole rings is 1. The van der Waals surface area contributed by atoms with Crippen molar-refractivity contribution in [1.29, 1.82) is 0 Å². The predicted molar refractivity (Wildman–Crippen MR) is 97.9 cm³/mol. The number of aromatic amines is 1. The van der Waals surface area contributed by atoms with Crippen LogP contribution in [0.15, 0.2) is 42.7 Å². The summed E-state index contributed by atoms with van der Waals surface area (Å²) in [5.41, 5.74) is 3.50. The summed E-state index contributed by atoms with van der Waals surface area (Å²) in [4.78, 5) is 37.0. The minimum Gasteiger partial charge on any atom is -0.347 e. The quantitative estimate of drug-likeness (QED) is 0.775. The van der Waals surface area contributed by atoms with Crippen molar-refractivity contribution >= 4 is 28.3 Å². The smallest absolute Gasteiger partial charge is 0.259 e. The minimum atomic E-state index is -0.551. The second kappa shape index (κ2) is 5.42. The van der Waals surface area contributed by atoms with Crippen LogP contribution < -0.4 is 4.90 Å². The number of hydrogen-bond donors (Lipinski definition) is 1. The van der Waals surface area contributed by atoms with E-state index in [0.717, 1.165) is 34.3 Å². The SMILES string of the molecule is C[C@@H](C(=O)N1CCc2nc[nH]c2C1)N1C(=O)c2cccc3cccc1c23. The first-order valence-electron chi connectivity index (χ1n) is 8.80. The molecule has 1 aromatic heterocycles. The van der Waals surface area contributed by atoms with E-state index in [1.807, 2.05) is 48.2 Å². The normalized spacial score (nSPS) is 16.9. The summed E-state index contributed by atoms with van der Waals surface area (Å²) in [6.45, 7) is 2.95. The molecule has 3 aromatic rings. The molecule has 26 heavy (non-hydrogen) atoms. The molecule has 6 nitrogen and oxygen atoms in total. The van der Waals surface area contributed by atoms with E-state index in [1.165, 1.54) is 0 Å². The summed E-state index contributed by atoms with van der Waals surface area (Å²) < 4.78 is 0. The monoisotopic (exact) mass is 346 g/mol. The third-order valence-corrected chi connectivity index (χ3v) is 5.42. The Morgan fingerprint density at radius 3 is 2.88 bits per heavy atom.